The van der Waals surface area contributed by atoms with Crippen molar-refractivity contribution in [2.24, 2.45) is 5.10 Å². The second-order valence-corrected chi connectivity index (χ2v) is 8.13. The molecule has 0 bridgehead atoms. The van der Waals surface area contributed by atoms with Crippen LogP contribution in [0.5, 0.6) is 17.2 Å². The number of rotatable bonds is 10. The van der Waals surface area contributed by atoms with Gasteiger partial charge in [-0.1, -0.05) is 23.9 Å². The van der Waals surface area contributed by atoms with Crippen molar-refractivity contribution in [3.05, 3.63) is 86.5 Å². The van der Waals surface area contributed by atoms with Crippen LogP contribution in [0, 0.1) is 20.2 Å². The Kier molecular flexibility index (Phi) is 7.59. The molecule has 0 fully saturated rings. The van der Waals surface area contributed by atoms with Crippen LogP contribution < -0.4 is 14.9 Å². The first-order valence-corrected chi connectivity index (χ1v) is 11.4. The van der Waals surface area contributed by atoms with Crippen LogP contribution in [0.4, 0.5) is 11.4 Å². The number of carbonyl (C=O) groups excluding carboxylic acids is 1. The van der Waals surface area contributed by atoms with Crippen LogP contribution in [0.2, 0.25) is 0 Å². The highest BCUT2D eigenvalue weighted by atomic mass is 32.2. The molecule has 14 heteroatoms. The number of nitrogens with one attached hydrogen (secondary N) is 1. The van der Waals surface area contributed by atoms with Gasteiger partial charge in [0.05, 0.1) is 35.0 Å². The van der Waals surface area contributed by atoms with E-state index in [9.17, 15) is 25.0 Å². The first kappa shape index (κ1) is 25.1. The molecule has 1 aromatic heterocycles. The molecule has 4 aromatic rings. The quantitative estimate of drug-likeness (QED) is 0.133. The third kappa shape index (κ3) is 6.18. The lowest BCUT2D eigenvalue weighted by atomic mass is 10.2. The number of thioether (sulfide) groups is 1. The molecule has 0 aliphatic carbocycles. The average molecular weight is 523 g/mol. The number of oxazole rings is 1. The topological polar surface area (TPSA) is 172 Å². The maximum Gasteiger partial charge on any atom is 0.318 e. The SMILES string of the molecule is COc1cc(/C=N\NC(=O)CSc2nc3ccccc3o2)ccc1Oc1ccc([N+](=O)[O-])cc1[N+](=O)[O-]. The van der Waals surface area contributed by atoms with Crippen molar-refractivity contribution in [3.8, 4) is 17.2 Å². The molecular formula is C23H17N5O8S. The number of benzene rings is 3. The van der Waals surface area contributed by atoms with Crippen molar-refractivity contribution in [1.82, 2.24) is 10.4 Å². The van der Waals surface area contributed by atoms with E-state index < -0.39 is 21.2 Å². The monoisotopic (exact) mass is 523 g/mol. The van der Waals surface area contributed by atoms with Gasteiger partial charge in [0.25, 0.3) is 16.8 Å². The van der Waals surface area contributed by atoms with Gasteiger partial charge in [0.15, 0.2) is 17.1 Å². The molecule has 0 atom stereocenters. The largest absolute Gasteiger partial charge is 0.493 e. The lowest BCUT2D eigenvalue weighted by Crippen LogP contribution is -2.19. The van der Waals surface area contributed by atoms with E-state index in [-0.39, 0.29) is 28.9 Å². The number of nitro groups is 2. The van der Waals surface area contributed by atoms with Crippen LogP contribution >= 0.6 is 11.8 Å². The molecule has 13 nitrogen and oxygen atoms in total. The number of aromatic nitrogens is 1. The van der Waals surface area contributed by atoms with Gasteiger partial charge in [-0.3, -0.25) is 25.0 Å². The second kappa shape index (κ2) is 11.2. The number of hydrogen-bond acceptors (Lipinski definition) is 11. The molecule has 0 spiro atoms. The van der Waals surface area contributed by atoms with Gasteiger partial charge in [0.2, 0.25) is 5.75 Å². The Morgan fingerprint density at radius 3 is 2.59 bits per heavy atom. The van der Waals surface area contributed by atoms with Crippen molar-refractivity contribution in [1.29, 1.82) is 0 Å². The zero-order valence-electron chi connectivity index (χ0n) is 19.0. The minimum atomic E-state index is -0.777. The summed E-state index contributed by atoms with van der Waals surface area (Å²) in [6.45, 7) is 0. The minimum absolute atomic E-state index is 0.0360. The molecular weight excluding hydrogens is 506 g/mol. The van der Waals surface area contributed by atoms with Crippen LogP contribution in [0.15, 0.2) is 75.4 Å². The molecule has 37 heavy (non-hydrogen) atoms. The Morgan fingerprint density at radius 2 is 1.86 bits per heavy atom. The van der Waals surface area contributed by atoms with Crippen molar-refractivity contribution < 1.29 is 28.5 Å². The van der Waals surface area contributed by atoms with E-state index in [1.807, 2.05) is 18.2 Å². The fourth-order valence-electron chi connectivity index (χ4n) is 3.07. The van der Waals surface area contributed by atoms with Gasteiger partial charge < -0.3 is 13.9 Å². The van der Waals surface area contributed by atoms with Gasteiger partial charge >= 0.3 is 5.69 Å². The number of hydrazone groups is 1. The number of non-ortho nitro benzene ring substituents is 1. The van der Waals surface area contributed by atoms with Crippen molar-refractivity contribution in [2.45, 2.75) is 5.22 Å². The Bertz CT molecular complexity index is 1490. The van der Waals surface area contributed by atoms with Crippen molar-refractivity contribution in [3.63, 3.8) is 0 Å². The van der Waals surface area contributed by atoms with E-state index in [1.165, 1.54) is 25.5 Å². The van der Waals surface area contributed by atoms with Crippen LogP contribution in [0.1, 0.15) is 5.56 Å². The van der Waals surface area contributed by atoms with E-state index in [2.05, 4.69) is 15.5 Å². The lowest BCUT2D eigenvalue weighted by molar-refractivity contribution is -0.394. The number of para-hydroxylation sites is 2. The van der Waals surface area contributed by atoms with Gasteiger partial charge in [0, 0.05) is 6.07 Å². The number of amides is 1. The number of carbonyl (C=O) groups is 1. The highest BCUT2D eigenvalue weighted by Crippen LogP contribution is 2.38. The predicted octanol–water partition coefficient (Wildman–Crippen LogP) is 4.69. The van der Waals surface area contributed by atoms with E-state index in [1.54, 1.807) is 12.1 Å². The molecule has 1 heterocycles. The van der Waals surface area contributed by atoms with Gasteiger partial charge in [-0.05, 0) is 42.0 Å². The fourth-order valence-corrected chi connectivity index (χ4v) is 3.70. The molecule has 4 rings (SSSR count). The molecule has 1 amide bonds. The number of nitrogens with zero attached hydrogens (tertiary/aromatic N) is 4. The maximum atomic E-state index is 12.1. The Labute approximate surface area is 212 Å². The van der Waals surface area contributed by atoms with Gasteiger partial charge in [-0.25, -0.2) is 10.4 Å². The molecule has 188 valence electrons. The van der Waals surface area contributed by atoms with Crippen molar-refractivity contribution in [2.75, 3.05) is 12.9 Å². The summed E-state index contributed by atoms with van der Waals surface area (Å²) >= 11 is 1.13. The highest BCUT2D eigenvalue weighted by molar-refractivity contribution is 7.99. The maximum absolute atomic E-state index is 12.1. The molecule has 0 unspecified atom stereocenters. The van der Waals surface area contributed by atoms with Crippen LogP contribution in [0.25, 0.3) is 11.1 Å². The summed E-state index contributed by atoms with van der Waals surface area (Å²) < 4.78 is 16.4. The van der Waals surface area contributed by atoms with E-state index in [4.69, 9.17) is 13.9 Å². The minimum Gasteiger partial charge on any atom is -0.493 e. The molecule has 0 radical (unpaired) electrons. The third-order valence-electron chi connectivity index (χ3n) is 4.76. The van der Waals surface area contributed by atoms with Crippen LogP contribution in [-0.2, 0) is 4.79 Å². The zero-order chi connectivity index (χ0) is 26.4. The molecule has 3 aromatic carbocycles. The predicted molar refractivity (Wildman–Crippen MR) is 133 cm³/mol. The summed E-state index contributed by atoms with van der Waals surface area (Å²) in [6, 6.07) is 14.9. The van der Waals surface area contributed by atoms with Gasteiger partial charge in [-0.15, -0.1) is 0 Å². The first-order valence-electron chi connectivity index (χ1n) is 10.4. The summed E-state index contributed by atoms with van der Waals surface area (Å²) in [5.74, 6) is -0.182. The zero-order valence-corrected chi connectivity index (χ0v) is 19.8. The third-order valence-corrected chi connectivity index (χ3v) is 5.59. The lowest BCUT2D eigenvalue weighted by Gasteiger charge is -2.11. The second-order valence-electron chi connectivity index (χ2n) is 7.21. The summed E-state index contributed by atoms with van der Waals surface area (Å²) in [5, 5.41) is 26.5. The molecule has 1 N–H and O–H groups in total. The Balaban J connectivity index is 1.38. The van der Waals surface area contributed by atoms with Crippen molar-refractivity contribution >= 4 is 46.4 Å². The summed E-state index contributed by atoms with van der Waals surface area (Å²) in [4.78, 5) is 37.1. The average Bonchev–Trinajstić information content (AvgIpc) is 3.31. The number of ether oxygens (including phenoxy) is 2. The summed E-state index contributed by atoms with van der Waals surface area (Å²) in [5.41, 5.74) is 3.26. The number of methoxy groups -OCH3 is 1. The standard InChI is InChI=1S/C23H17N5O8S/c1-34-21-10-14(6-8-20(21)35-19-9-7-15(27(30)31)11-17(19)28(32)33)12-24-26-22(29)13-37-23-25-16-4-2-3-5-18(16)36-23/h2-12H,13H2,1H3,(H,26,29)/b24-12-. The molecule has 0 aliphatic rings. The molecule has 0 saturated carbocycles. The van der Waals surface area contributed by atoms with Gasteiger partial charge in [0.1, 0.15) is 5.52 Å². The van der Waals surface area contributed by atoms with E-state index in [0.717, 1.165) is 30.0 Å². The van der Waals surface area contributed by atoms with Crippen LogP contribution in [0.3, 0.4) is 0 Å². The van der Waals surface area contributed by atoms with Crippen LogP contribution in [-0.4, -0.2) is 39.8 Å². The smallest absolute Gasteiger partial charge is 0.318 e. The first-order chi connectivity index (χ1) is 17.8. The summed E-state index contributed by atoms with van der Waals surface area (Å²) in [6.07, 6.45) is 1.38. The number of fused-ring (bicyclic) bond motifs is 1. The van der Waals surface area contributed by atoms with Gasteiger partial charge in [-0.2, -0.15) is 5.10 Å². The normalized spacial score (nSPS) is 10.9. The fraction of sp³-hybridized carbons (Fsp3) is 0.0870. The molecule has 0 saturated heterocycles. The number of hydrogen-bond donors (Lipinski definition) is 1. The Morgan fingerprint density at radius 1 is 1.08 bits per heavy atom. The Hall–Kier alpha value is -4.98. The number of nitro benzene ring substituents is 2. The summed E-state index contributed by atoms with van der Waals surface area (Å²) in [7, 11) is 1.37. The highest BCUT2D eigenvalue weighted by Gasteiger charge is 2.22. The molecule has 0 aliphatic heterocycles. The van der Waals surface area contributed by atoms with E-state index in [0.29, 0.717) is 21.9 Å². The van der Waals surface area contributed by atoms with E-state index >= 15 is 0 Å².